The molecule has 2 unspecified atom stereocenters. The maximum Gasteiger partial charge on any atom is 0.309 e. The van der Waals surface area contributed by atoms with E-state index in [2.05, 4.69) is 0 Å². The van der Waals surface area contributed by atoms with Crippen LogP contribution in [0.15, 0.2) is 18.2 Å². The second kappa shape index (κ2) is 5.79. The monoisotopic (exact) mass is 295 g/mol. The number of hydrogen-bond acceptors (Lipinski definition) is 3. The first-order valence-electron chi connectivity index (χ1n) is 7.04. The highest BCUT2D eigenvalue weighted by Crippen LogP contribution is 2.46. The van der Waals surface area contributed by atoms with Gasteiger partial charge >= 0.3 is 5.97 Å². The Morgan fingerprint density at radius 2 is 2.29 bits per heavy atom. The van der Waals surface area contributed by atoms with Gasteiger partial charge in [-0.05, 0) is 43.7 Å². The number of nitro groups is 1. The Morgan fingerprint density at radius 1 is 1.57 bits per heavy atom. The van der Waals surface area contributed by atoms with Gasteiger partial charge in [-0.1, -0.05) is 13.3 Å². The quantitative estimate of drug-likeness (QED) is 0.665. The van der Waals surface area contributed by atoms with Gasteiger partial charge in [0.05, 0.1) is 10.3 Å². The van der Waals surface area contributed by atoms with Crippen LogP contribution in [-0.2, 0) is 11.2 Å². The van der Waals surface area contributed by atoms with Gasteiger partial charge in [0.2, 0.25) is 0 Å². The number of nitro benzene ring substituents is 1. The lowest BCUT2D eigenvalue weighted by Crippen LogP contribution is -2.31. The van der Waals surface area contributed by atoms with Gasteiger partial charge in [0, 0.05) is 11.6 Å². The maximum absolute atomic E-state index is 13.4. The predicted molar refractivity (Wildman–Crippen MR) is 74.5 cm³/mol. The first-order chi connectivity index (χ1) is 9.88. The summed E-state index contributed by atoms with van der Waals surface area (Å²) in [5.41, 5.74) is -1.06. The Labute approximate surface area is 121 Å². The van der Waals surface area contributed by atoms with Gasteiger partial charge in [0.25, 0.3) is 5.69 Å². The normalized spacial score (nSPS) is 25.0. The SMILES string of the molecule is CCC1CCC(Cc2cc(F)ccc2[N+](=O)[O-])(C(=O)O)C1. The number of hydrogen-bond donors (Lipinski definition) is 1. The molecule has 1 saturated carbocycles. The molecule has 1 aromatic rings. The number of halogens is 1. The van der Waals surface area contributed by atoms with Gasteiger partial charge in [0.1, 0.15) is 5.82 Å². The molecule has 1 aliphatic carbocycles. The minimum atomic E-state index is -1.01. The minimum absolute atomic E-state index is 0.00685. The first-order valence-corrected chi connectivity index (χ1v) is 7.04. The second-order valence-corrected chi connectivity index (χ2v) is 5.81. The van der Waals surface area contributed by atoms with Gasteiger partial charge < -0.3 is 5.11 Å². The van der Waals surface area contributed by atoms with E-state index in [0.717, 1.165) is 31.0 Å². The van der Waals surface area contributed by atoms with Crippen LogP contribution in [-0.4, -0.2) is 16.0 Å². The van der Waals surface area contributed by atoms with Crippen LogP contribution >= 0.6 is 0 Å². The highest BCUT2D eigenvalue weighted by molar-refractivity contribution is 5.76. The van der Waals surface area contributed by atoms with Crippen LogP contribution < -0.4 is 0 Å². The third-order valence-corrected chi connectivity index (χ3v) is 4.51. The third-order valence-electron chi connectivity index (χ3n) is 4.51. The summed E-state index contributed by atoms with van der Waals surface area (Å²) in [6.07, 6.45) is 2.67. The molecule has 114 valence electrons. The van der Waals surface area contributed by atoms with Crippen molar-refractivity contribution in [3.05, 3.63) is 39.7 Å². The fourth-order valence-corrected chi connectivity index (χ4v) is 3.25. The lowest BCUT2D eigenvalue weighted by molar-refractivity contribution is -0.385. The molecule has 0 heterocycles. The van der Waals surface area contributed by atoms with Crippen LogP contribution in [0.5, 0.6) is 0 Å². The van der Waals surface area contributed by atoms with E-state index in [-0.39, 0.29) is 17.7 Å². The molecule has 2 rings (SSSR count). The van der Waals surface area contributed by atoms with E-state index in [4.69, 9.17) is 0 Å². The lowest BCUT2D eigenvalue weighted by atomic mass is 9.78. The fraction of sp³-hybridized carbons (Fsp3) is 0.533. The largest absolute Gasteiger partial charge is 0.481 e. The van der Waals surface area contributed by atoms with E-state index in [1.54, 1.807) is 0 Å². The van der Waals surface area contributed by atoms with Crippen molar-refractivity contribution in [1.82, 2.24) is 0 Å². The molecule has 0 spiro atoms. The molecule has 1 aliphatic rings. The lowest BCUT2D eigenvalue weighted by Gasteiger charge is -2.24. The van der Waals surface area contributed by atoms with E-state index in [9.17, 15) is 24.4 Å². The summed E-state index contributed by atoms with van der Waals surface area (Å²) in [4.78, 5) is 22.1. The minimum Gasteiger partial charge on any atom is -0.481 e. The smallest absolute Gasteiger partial charge is 0.309 e. The van der Waals surface area contributed by atoms with Crippen LogP contribution in [0.25, 0.3) is 0 Å². The van der Waals surface area contributed by atoms with Gasteiger partial charge in [-0.25, -0.2) is 4.39 Å². The summed E-state index contributed by atoms with van der Waals surface area (Å²) >= 11 is 0. The van der Waals surface area contributed by atoms with Crippen LogP contribution in [0.2, 0.25) is 0 Å². The van der Waals surface area contributed by atoms with Gasteiger partial charge in [-0.3, -0.25) is 14.9 Å². The zero-order valence-corrected chi connectivity index (χ0v) is 11.8. The van der Waals surface area contributed by atoms with Crippen molar-refractivity contribution in [3.8, 4) is 0 Å². The van der Waals surface area contributed by atoms with Crippen molar-refractivity contribution in [2.24, 2.45) is 11.3 Å². The Kier molecular flexibility index (Phi) is 4.25. The summed E-state index contributed by atoms with van der Waals surface area (Å²) in [5.74, 6) is -1.22. The van der Waals surface area contributed by atoms with Gasteiger partial charge in [0.15, 0.2) is 0 Å². The van der Waals surface area contributed by atoms with E-state index in [1.165, 1.54) is 0 Å². The molecule has 1 aromatic carbocycles. The summed E-state index contributed by atoms with van der Waals surface area (Å²) in [5, 5.41) is 20.6. The number of rotatable bonds is 5. The van der Waals surface area contributed by atoms with Crippen LogP contribution in [0.1, 0.15) is 38.2 Å². The van der Waals surface area contributed by atoms with Crippen LogP contribution in [0, 0.1) is 27.3 Å². The zero-order chi connectivity index (χ0) is 15.6. The summed E-state index contributed by atoms with van der Waals surface area (Å²) in [6, 6.07) is 3.22. The predicted octanol–water partition coefficient (Wildman–Crippen LogP) is 3.56. The molecule has 0 saturated heterocycles. The number of aliphatic carboxylic acids is 1. The number of nitrogens with zero attached hydrogens (tertiary/aromatic N) is 1. The topological polar surface area (TPSA) is 80.4 Å². The van der Waals surface area contributed by atoms with Gasteiger partial charge in [-0.15, -0.1) is 0 Å². The Hall–Kier alpha value is -1.98. The van der Waals surface area contributed by atoms with Crippen molar-refractivity contribution < 1.29 is 19.2 Å². The second-order valence-electron chi connectivity index (χ2n) is 5.81. The highest BCUT2D eigenvalue weighted by Gasteiger charge is 2.45. The number of carbonyl (C=O) groups is 1. The first kappa shape index (κ1) is 15.4. The fourth-order valence-electron chi connectivity index (χ4n) is 3.25. The molecule has 0 aromatic heterocycles. The average Bonchev–Trinajstić information content (AvgIpc) is 2.83. The van der Waals surface area contributed by atoms with Crippen molar-refractivity contribution in [2.45, 2.75) is 39.0 Å². The number of benzene rings is 1. The Morgan fingerprint density at radius 3 is 2.81 bits per heavy atom. The van der Waals surface area contributed by atoms with Crippen LogP contribution in [0.3, 0.4) is 0 Å². The highest BCUT2D eigenvalue weighted by atomic mass is 19.1. The van der Waals surface area contributed by atoms with Crippen molar-refractivity contribution in [3.63, 3.8) is 0 Å². The van der Waals surface area contributed by atoms with E-state index in [0.29, 0.717) is 18.8 Å². The van der Waals surface area contributed by atoms with E-state index >= 15 is 0 Å². The van der Waals surface area contributed by atoms with Crippen LogP contribution in [0.4, 0.5) is 10.1 Å². The molecule has 21 heavy (non-hydrogen) atoms. The number of carboxylic acids is 1. The average molecular weight is 295 g/mol. The van der Waals surface area contributed by atoms with Crippen molar-refractivity contribution in [1.29, 1.82) is 0 Å². The molecule has 1 N–H and O–H groups in total. The molecule has 2 atom stereocenters. The Balaban J connectivity index is 2.36. The molecule has 6 heteroatoms. The van der Waals surface area contributed by atoms with Crippen molar-refractivity contribution >= 4 is 11.7 Å². The summed E-state index contributed by atoms with van der Waals surface area (Å²) < 4.78 is 13.4. The summed E-state index contributed by atoms with van der Waals surface area (Å²) in [7, 11) is 0. The standard InChI is InChI=1S/C15H18FNO4/c1-2-10-5-6-15(8-10,14(18)19)9-11-7-12(16)3-4-13(11)17(20)21/h3-4,7,10H,2,5-6,8-9H2,1H3,(H,18,19). The van der Waals surface area contributed by atoms with E-state index in [1.807, 2.05) is 6.92 Å². The maximum atomic E-state index is 13.4. The molecule has 0 amide bonds. The van der Waals surface area contributed by atoms with E-state index < -0.39 is 22.1 Å². The molecule has 0 bridgehead atoms. The molecule has 5 nitrogen and oxygen atoms in total. The third kappa shape index (κ3) is 3.04. The molecule has 0 aliphatic heterocycles. The van der Waals surface area contributed by atoms with Gasteiger partial charge in [-0.2, -0.15) is 0 Å². The molecular weight excluding hydrogens is 277 g/mol. The molecular formula is C15H18FNO4. The molecule has 1 fully saturated rings. The number of carboxylic acid groups (broad SMARTS) is 1. The summed E-state index contributed by atoms with van der Waals surface area (Å²) in [6.45, 7) is 2.01. The Bertz CT molecular complexity index is 575. The molecule has 0 radical (unpaired) electrons. The van der Waals surface area contributed by atoms with Crippen molar-refractivity contribution in [2.75, 3.05) is 0 Å². The zero-order valence-electron chi connectivity index (χ0n) is 11.8.